The first-order valence-corrected chi connectivity index (χ1v) is 11.4. The molecule has 0 aromatic heterocycles. The monoisotopic (exact) mass is 505 g/mol. The van der Waals surface area contributed by atoms with Gasteiger partial charge in [-0.3, -0.25) is 10.0 Å². The molecule has 0 radical (unpaired) electrons. The normalized spacial score (nSPS) is 10.7. The van der Waals surface area contributed by atoms with Gasteiger partial charge in [0.15, 0.2) is 17.4 Å². The van der Waals surface area contributed by atoms with Gasteiger partial charge in [0.1, 0.15) is 5.75 Å². The van der Waals surface area contributed by atoms with Crippen LogP contribution in [0.15, 0.2) is 41.3 Å². The molecule has 11 heteroatoms. The smallest absolute Gasteiger partial charge is 0.258 e. The lowest BCUT2D eigenvalue weighted by Gasteiger charge is -2.24. The van der Waals surface area contributed by atoms with Gasteiger partial charge in [0, 0.05) is 36.7 Å². The summed E-state index contributed by atoms with van der Waals surface area (Å²) in [6.07, 6.45) is 0. The number of amides is 1. The number of hydroxylamine groups is 1. The van der Waals surface area contributed by atoms with E-state index in [1.54, 1.807) is 29.0 Å². The molecule has 0 aliphatic rings. The second-order valence-corrected chi connectivity index (χ2v) is 8.16. The van der Waals surface area contributed by atoms with E-state index in [9.17, 15) is 13.6 Å². The van der Waals surface area contributed by atoms with E-state index in [4.69, 9.17) is 26.3 Å². The maximum atomic E-state index is 14.5. The number of methoxy groups -OCH3 is 1. The predicted molar refractivity (Wildman–Crippen MR) is 126 cm³/mol. The van der Waals surface area contributed by atoms with Crippen LogP contribution in [0.1, 0.15) is 13.8 Å². The number of carbonyl (C=O) groups is 1. The number of likely N-dealkylation sites (N-methyl/N-ethyl adjacent to an activating group) is 1. The van der Waals surface area contributed by atoms with E-state index < -0.39 is 23.3 Å². The summed E-state index contributed by atoms with van der Waals surface area (Å²) in [5.74, 6) is -2.72. The third-order valence-electron chi connectivity index (χ3n) is 4.09. The lowest BCUT2D eigenvalue weighted by atomic mass is 10.3. The molecule has 0 heterocycles. The number of carbonyl (C=O) groups excluding carboxylic acids is 1. The maximum absolute atomic E-state index is 14.5. The van der Waals surface area contributed by atoms with Crippen LogP contribution in [0.4, 0.5) is 8.78 Å². The first-order chi connectivity index (χ1) is 15.8. The Morgan fingerprint density at radius 3 is 2.27 bits per heavy atom. The zero-order valence-electron chi connectivity index (χ0n) is 19.1. The van der Waals surface area contributed by atoms with Crippen molar-refractivity contribution >= 4 is 29.5 Å². The van der Waals surface area contributed by atoms with Crippen molar-refractivity contribution in [1.29, 1.82) is 0 Å². The van der Waals surface area contributed by atoms with Crippen molar-refractivity contribution in [1.82, 2.24) is 14.7 Å². The Morgan fingerprint density at radius 1 is 1.12 bits per heavy atom. The average molecular weight is 506 g/mol. The molecule has 0 spiro atoms. The quantitative estimate of drug-likeness (QED) is 0.243. The van der Waals surface area contributed by atoms with Gasteiger partial charge in [0.2, 0.25) is 0 Å². The van der Waals surface area contributed by atoms with Crippen LogP contribution in [0, 0.1) is 11.6 Å². The highest BCUT2D eigenvalue weighted by atomic mass is 35.5. The largest absolute Gasteiger partial charge is 0.451 e. The molecule has 2 aromatic carbocycles. The number of nitrogens with zero attached hydrogens (tertiary/aromatic N) is 2. The van der Waals surface area contributed by atoms with Crippen LogP contribution in [-0.2, 0) is 9.53 Å². The summed E-state index contributed by atoms with van der Waals surface area (Å²) in [7, 11) is 3.49. The van der Waals surface area contributed by atoms with E-state index in [0.717, 1.165) is 24.1 Å². The van der Waals surface area contributed by atoms with Crippen LogP contribution in [-0.4, -0.2) is 67.3 Å². The van der Waals surface area contributed by atoms with Crippen LogP contribution in [0.2, 0.25) is 5.02 Å². The summed E-state index contributed by atoms with van der Waals surface area (Å²) in [6, 6.07) is 8.34. The van der Waals surface area contributed by atoms with Crippen molar-refractivity contribution in [2.24, 2.45) is 0 Å². The molecular formula is C22H30ClF2N3O4S. The Labute approximate surface area is 202 Å². The van der Waals surface area contributed by atoms with Gasteiger partial charge in [0.25, 0.3) is 5.91 Å². The first-order valence-electron chi connectivity index (χ1n) is 10.3. The number of halogens is 3. The zero-order valence-corrected chi connectivity index (χ0v) is 20.7. The van der Waals surface area contributed by atoms with Gasteiger partial charge >= 0.3 is 0 Å². The molecule has 2 aromatic rings. The lowest BCUT2D eigenvalue weighted by molar-refractivity contribution is -0.129. The Balaban J connectivity index is 0.00000265. The second kappa shape index (κ2) is 15.8. The standard InChI is InChI=1S/C20H24ClF2N3O4S.C2H6/c1-25(9-10-29-2)7-8-26(13-19(27)24-28)31-16-11-17(22)20(18(23)12-16)30-15-5-3-14(21)4-6-15;1-2/h3-6,11-12,28H,7-10,13H2,1-2H3,(H,24,27);1-2H3. The molecule has 33 heavy (non-hydrogen) atoms. The topological polar surface area (TPSA) is 74.3 Å². The molecule has 184 valence electrons. The number of ether oxygens (including phenoxy) is 2. The van der Waals surface area contributed by atoms with Crippen molar-refractivity contribution in [3.63, 3.8) is 0 Å². The summed E-state index contributed by atoms with van der Waals surface area (Å²) in [5.41, 5.74) is 1.56. The Kier molecular flexibility index (Phi) is 13.9. The third-order valence-corrected chi connectivity index (χ3v) is 5.36. The molecular weight excluding hydrogens is 476 g/mol. The molecule has 0 unspecified atom stereocenters. The molecule has 0 saturated heterocycles. The summed E-state index contributed by atoms with van der Waals surface area (Å²) < 4.78 is 41.0. The van der Waals surface area contributed by atoms with Crippen molar-refractivity contribution in [3.05, 3.63) is 53.1 Å². The minimum absolute atomic E-state index is 0.175. The van der Waals surface area contributed by atoms with Crippen molar-refractivity contribution in [2.45, 2.75) is 18.7 Å². The number of benzene rings is 2. The maximum Gasteiger partial charge on any atom is 0.258 e. The Morgan fingerprint density at radius 2 is 1.73 bits per heavy atom. The summed E-state index contributed by atoms with van der Waals surface area (Å²) in [5, 5.41) is 9.29. The molecule has 0 aliphatic heterocycles. The van der Waals surface area contributed by atoms with Gasteiger partial charge in [-0.15, -0.1) is 0 Å². The molecule has 0 aliphatic carbocycles. The summed E-state index contributed by atoms with van der Waals surface area (Å²) in [4.78, 5) is 13.8. The Hall–Kier alpha value is -1.95. The van der Waals surface area contributed by atoms with Crippen LogP contribution >= 0.6 is 23.5 Å². The number of rotatable bonds is 12. The predicted octanol–water partition coefficient (Wildman–Crippen LogP) is 4.83. The van der Waals surface area contributed by atoms with Crippen LogP contribution in [0.5, 0.6) is 11.5 Å². The van der Waals surface area contributed by atoms with E-state index in [1.807, 2.05) is 25.8 Å². The van der Waals surface area contributed by atoms with E-state index in [0.29, 0.717) is 31.3 Å². The molecule has 2 N–H and O–H groups in total. The Bertz CT molecular complexity index is 839. The average Bonchev–Trinajstić information content (AvgIpc) is 2.80. The molecule has 0 bridgehead atoms. The minimum Gasteiger partial charge on any atom is -0.451 e. The lowest BCUT2D eigenvalue weighted by Crippen LogP contribution is -2.37. The number of nitrogens with one attached hydrogen (secondary N) is 1. The van der Waals surface area contributed by atoms with Crippen molar-refractivity contribution in [2.75, 3.05) is 46.9 Å². The van der Waals surface area contributed by atoms with E-state index in [-0.39, 0.29) is 17.2 Å². The molecule has 2 rings (SSSR count). The van der Waals surface area contributed by atoms with Crippen LogP contribution in [0.3, 0.4) is 0 Å². The number of hydrogen-bond acceptors (Lipinski definition) is 7. The fourth-order valence-electron chi connectivity index (χ4n) is 2.45. The summed E-state index contributed by atoms with van der Waals surface area (Å²) >= 11 is 6.79. The second-order valence-electron chi connectivity index (χ2n) is 6.56. The first kappa shape index (κ1) is 29.1. The van der Waals surface area contributed by atoms with Gasteiger partial charge in [-0.1, -0.05) is 25.4 Å². The van der Waals surface area contributed by atoms with Gasteiger partial charge in [-0.25, -0.2) is 18.6 Å². The third kappa shape index (κ3) is 10.7. The highest BCUT2D eigenvalue weighted by Crippen LogP contribution is 2.33. The minimum atomic E-state index is -0.888. The van der Waals surface area contributed by atoms with Gasteiger partial charge in [-0.05, 0) is 55.4 Å². The van der Waals surface area contributed by atoms with Crippen LogP contribution in [0.25, 0.3) is 0 Å². The molecule has 0 saturated carbocycles. The van der Waals surface area contributed by atoms with Gasteiger partial charge < -0.3 is 14.4 Å². The molecule has 1 amide bonds. The fraction of sp³-hybridized carbons (Fsp3) is 0.409. The van der Waals surface area contributed by atoms with E-state index in [2.05, 4.69) is 0 Å². The van der Waals surface area contributed by atoms with Crippen LogP contribution < -0.4 is 10.2 Å². The highest BCUT2D eigenvalue weighted by Gasteiger charge is 2.18. The van der Waals surface area contributed by atoms with Gasteiger partial charge in [0.05, 0.1) is 13.2 Å². The number of hydrogen-bond donors (Lipinski definition) is 2. The SMILES string of the molecule is CC.COCCN(C)CCN(CC(=O)NO)Sc1cc(F)c(Oc2ccc(Cl)cc2)c(F)c1. The van der Waals surface area contributed by atoms with E-state index in [1.165, 1.54) is 12.1 Å². The zero-order chi connectivity index (χ0) is 24.8. The van der Waals surface area contributed by atoms with Gasteiger partial charge in [-0.2, -0.15) is 0 Å². The molecule has 7 nitrogen and oxygen atoms in total. The summed E-state index contributed by atoms with van der Waals surface area (Å²) in [6.45, 7) is 6.02. The van der Waals surface area contributed by atoms with Crippen molar-refractivity contribution < 1.29 is 28.3 Å². The molecule has 0 fully saturated rings. The fourth-order valence-corrected chi connectivity index (χ4v) is 3.54. The van der Waals surface area contributed by atoms with E-state index >= 15 is 0 Å². The highest BCUT2D eigenvalue weighted by molar-refractivity contribution is 7.97. The van der Waals surface area contributed by atoms with Crippen molar-refractivity contribution in [3.8, 4) is 11.5 Å². The molecule has 0 atom stereocenters.